The smallest absolute Gasteiger partial charge is 0.344 e. The summed E-state index contributed by atoms with van der Waals surface area (Å²) in [4.78, 5) is 36.7. The van der Waals surface area contributed by atoms with Gasteiger partial charge in [-0.2, -0.15) is 0 Å². The molecule has 0 saturated heterocycles. The van der Waals surface area contributed by atoms with Crippen LogP contribution < -0.4 is 5.32 Å². The molecular formula is C18H23NO5. The van der Waals surface area contributed by atoms with Gasteiger partial charge in [-0.25, -0.2) is 4.79 Å². The molecule has 1 heterocycles. The number of carbonyl (C=O) groups is 3. The number of hydrogen-bond acceptors (Lipinski definition) is 5. The molecule has 0 unspecified atom stereocenters. The Morgan fingerprint density at radius 3 is 2.58 bits per heavy atom. The number of allylic oxidation sites excluding steroid dienone is 5. The molecule has 24 heavy (non-hydrogen) atoms. The van der Waals surface area contributed by atoms with Crippen LogP contribution in [0, 0.1) is 0 Å². The van der Waals surface area contributed by atoms with Gasteiger partial charge in [-0.3, -0.25) is 9.59 Å². The molecule has 0 saturated carbocycles. The Balaban J connectivity index is 2.59. The zero-order valence-electron chi connectivity index (χ0n) is 14.5. The van der Waals surface area contributed by atoms with Gasteiger partial charge in [-0.15, -0.1) is 0 Å². The molecule has 6 heteroatoms. The summed E-state index contributed by atoms with van der Waals surface area (Å²) in [5.41, 5.74) is 1.18. The van der Waals surface area contributed by atoms with E-state index in [1.54, 1.807) is 20.8 Å². The zero-order chi connectivity index (χ0) is 17.9. The fourth-order valence-corrected chi connectivity index (χ4v) is 2.74. The minimum atomic E-state index is -0.689. The van der Waals surface area contributed by atoms with Crippen molar-refractivity contribution in [2.24, 2.45) is 0 Å². The third-order valence-corrected chi connectivity index (χ3v) is 3.73. The van der Waals surface area contributed by atoms with Crippen molar-refractivity contribution in [3.8, 4) is 0 Å². The second-order valence-corrected chi connectivity index (χ2v) is 6.02. The van der Waals surface area contributed by atoms with Gasteiger partial charge in [0.25, 0.3) is 5.91 Å². The summed E-state index contributed by atoms with van der Waals surface area (Å²) in [6.07, 6.45) is 3.37. The van der Waals surface area contributed by atoms with E-state index in [0.29, 0.717) is 30.7 Å². The van der Waals surface area contributed by atoms with Crippen molar-refractivity contribution in [3.05, 3.63) is 34.3 Å². The van der Waals surface area contributed by atoms with E-state index in [1.807, 2.05) is 0 Å². The first-order chi connectivity index (χ1) is 11.3. The monoisotopic (exact) mass is 333 g/mol. The normalized spacial score (nSPS) is 18.6. The Labute approximate surface area is 141 Å². The van der Waals surface area contributed by atoms with Gasteiger partial charge in [0.2, 0.25) is 0 Å². The molecular weight excluding hydrogens is 310 g/mol. The molecule has 0 radical (unpaired) electrons. The molecule has 0 fully saturated rings. The summed E-state index contributed by atoms with van der Waals surface area (Å²) in [6, 6.07) is 0. The fraction of sp³-hybridized carbons (Fsp3) is 0.500. The number of nitrogens with one attached hydrogen (secondary N) is 1. The van der Waals surface area contributed by atoms with Gasteiger partial charge in [0, 0.05) is 25.5 Å². The average Bonchev–Trinajstić information content (AvgIpc) is 2.95. The number of carbonyl (C=O) groups excluding carboxylic acids is 3. The van der Waals surface area contributed by atoms with E-state index in [1.165, 1.54) is 13.0 Å². The summed E-state index contributed by atoms with van der Waals surface area (Å²) in [5.74, 6) is -0.635. The molecule has 1 aliphatic carbocycles. The van der Waals surface area contributed by atoms with Gasteiger partial charge in [0.05, 0.1) is 6.10 Å². The number of hydrogen-bond donors (Lipinski definition) is 1. The summed E-state index contributed by atoms with van der Waals surface area (Å²) >= 11 is 0. The van der Waals surface area contributed by atoms with Gasteiger partial charge in [-0.05, 0) is 45.3 Å². The standard InChI is InChI=1S/C18H23NO5/c1-5-19-17(21)16(18(22)23-10(2)3)13-9-15(11(4)20)24-14-8-6-7-12(13)14/h9-10H,5-8H2,1-4H3,(H,19,21)/b16-13-. The largest absolute Gasteiger partial charge is 0.459 e. The number of Topliss-reactive ketones (excluding diaryl/α,β-unsaturated/α-hetero) is 1. The first-order valence-electron chi connectivity index (χ1n) is 8.21. The zero-order valence-corrected chi connectivity index (χ0v) is 14.5. The van der Waals surface area contributed by atoms with E-state index in [2.05, 4.69) is 5.32 Å². The number of ether oxygens (including phenoxy) is 2. The van der Waals surface area contributed by atoms with Crippen LogP contribution in [-0.2, 0) is 23.9 Å². The molecule has 0 spiro atoms. The van der Waals surface area contributed by atoms with Gasteiger partial charge in [0.15, 0.2) is 11.5 Å². The van der Waals surface area contributed by atoms with Gasteiger partial charge in [-0.1, -0.05) is 0 Å². The van der Waals surface area contributed by atoms with Crippen LogP contribution in [-0.4, -0.2) is 30.3 Å². The van der Waals surface area contributed by atoms with Crippen LogP contribution in [0.2, 0.25) is 0 Å². The molecule has 130 valence electrons. The summed E-state index contributed by atoms with van der Waals surface area (Å²) in [6.45, 7) is 6.99. The number of ketones is 1. The Morgan fingerprint density at radius 2 is 2.00 bits per heavy atom. The number of amides is 1. The lowest BCUT2D eigenvalue weighted by molar-refractivity contribution is -0.144. The number of likely N-dealkylation sites (N-methyl/N-ethyl adjacent to an activating group) is 1. The average molecular weight is 333 g/mol. The lowest BCUT2D eigenvalue weighted by atomic mass is 9.95. The highest BCUT2D eigenvalue weighted by Crippen LogP contribution is 2.39. The Bertz CT molecular complexity index is 667. The fourth-order valence-electron chi connectivity index (χ4n) is 2.74. The Kier molecular flexibility index (Phi) is 5.59. The van der Waals surface area contributed by atoms with Crippen molar-refractivity contribution >= 4 is 17.7 Å². The molecule has 0 aromatic heterocycles. The van der Waals surface area contributed by atoms with Gasteiger partial charge < -0.3 is 14.8 Å². The van der Waals surface area contributed by atoms with E-state index >= 15 is 0 Å². The quantitative estimate of drug-likeness (QED) is 0.361. The maximum Gasteiger partial charge on any atom is 0.344 e. The van der Waals surface area contributed by atoms with Gasteiger partial charge in [0.1, 0.15) is 11.3 Å². The molecule has 2 aliphatic rings. The molecule has 1 amide bonds. The second kappa shape index (κ2) is 7.47. The summed E-state index contributed by atoms with van der Waals surface area (Å²) in [7, 11) is 0. The van der Waals surface area contributed by atoms with Crippen LogP contribution in [0.3, 0.4) is 0 Å². The van der Waals surface area contributed by atoms with Crippen molar-refractivity contribution in [2.75, 3.05) is 6.54 Å². The van der Waals surface area contributed by atoms with Crippen molar-refractivity contribution in [3.63, 3.8) is 0 Å². The van der Waals surface area contributed by atoms with Crippen LogP contribution in [0.4, 0.5) is 0 Å². The van der Waals surface area contributed by atoms with Crippen LogP contribution >= 0.6 is 0 Å². The maximum atomic E-state index is 12.5. The van der Waals surface area contributed by atoms with E-state index in [4.69, 9.17) is 9.47 Å². The minimum Gasteiger partial charge on any atom is -0.459 e. The Morgan fingerprint density at radius 1 is 1.29 bits per heavy atom. The van der Waals surface area contributed by atoms with Crippen molar-refractivity contribution in [1.29, 1.82) is 0 Å². The molecule has 2 rings (SSSR count). The van der Waals surface area contributed by atoms with E-state index < -0.39 is 11.9 Å². The van der Waals surface area contributed by atoms with Crippen molar-refractivity contribution in [2.45, 2.75) is 53.1 Å². The van der Waals surface area contributed by atoms with Crippen LogP contribution in [0.5, 0.6) is 0 Å². The molecule has 1 aliphatic heterocycles. The van der Waals surface area contributed by atoms with Crippen LogP contribution in [0.1, 0.15) is 47.0 Å². The maximum absolute atomic E-state index is 12.5. The summed E-state index contributed by atoms with van der Waals surface area (Å²) in [5, 5.41) is 2.65. The molecule has 6 nitrogen and oxygen atoms in total. The van der Waals surface area contributed by atoms with Crippen LogP contribution in [0.25, 0.3) is 0 Å². The molecule has 0 aromatic rings. The number of esters is 1. The SMILES string of the molecule is CCNC(=O)/C(C(=O)OC(C)C)=C1\C=C(C(C)=O)OC2=C1CCC2. The first kappa shape index (κ1) is 18.0. The highest BCUT2D eigenvalue weighted by atomic mass is 16.5. The summed E-state index contributed by atoms with van der Waals surface area (Å²) < 4.78 is 10.9. The third-order valence-electron chi connectivity index (χ3n) is 3.73. The highest BCUT2D eigenvalue weighted by Gasteiger charge is 2.33. The lowest BCUT2D eigenvalue weighted by Crippen LogP contribution is -2.31. The van der Waals surface area contributed by atoms with E-state index in [9.17, 15) is 14.4 Å². The minimum absolute atomic E-state index is 0.0676. The molecule has 1 N–H and O–H groups in total. The molecule has 0 aromatic carbocycles. The molecule has 0 bridgehead atoms. The van der Waals surface area contributed by atoms with Crippen molar-refractivity contribution in [1.82, 2.24) is 5.32 Å². The first-order valence-corrected chi connectivity index (χ1v) is 8.21. The number of rotatable bonds is 5. The van der Waals surface area contributed by atoms with Gasteiger partial charge >= 0.3 is 5.97 Å². The van der Waals surface area contributed by atoms with Crippen LogP contribution in [0.15, 0.2) is 34.3 Å². The second-order valence-electron chi connectivity index (χ2n) is 6.02. The van der Waals surface area contributed by atoms with E-state index in [0.717, 1.165) is 12.0 Å². The van der Waals surface area contributed by atoms with Crippen molar-refractivity contribution < 1.29 is 23.9 Å². The predicted molar refractivity (Wildman–Crippen MR) is 87.7 cm³/mol. The predicted octanol–water partition coefficient (Wildman–Crippen LogP) is 2.31. The Hall–Kier alpha value is -2.37. The van der Waals surface area contributed by atoms with E-state index in [-0.39, 0.29) is 23.2 Å². The lowest BCUT2D eigenvalue weighted by Gasteiger charge is -2.21. The molecule has 0 atom stereocenters. The third kappa shape index (κ3) is 3.75. The topological polar surface area (TPSA) is 81.7 Å². The highest BCUT2D eigenvalue weighted by molar-refractivity contribution is 6.18.